The molecule has 0 N–H and O–H groups in total. The van der Waals surface area contributed by atoms with Crippen molar-refractivity contribution in [3.8, 4) is 0 Å². The van der Waals surface area contributed by atoms with Crippen molar-refractivity contribution in [1.82, 2.24) is 4.90 Å². The molecular weight excluding hydrogens is 529 g/mol. The maximum Gasteiger partial charge on any atom is 0.409 e. The lowest BCUT2D eigenvalue weighted by Crippen LogP contribution is -2.36. The highest BCUT2D eigenvalue weighted by Crippen LogP contribution is 2.34. The third-order valence-corrected chi connectivity index (χ3v) is 6.73. The van der Waals surface area contributed by atoms with Gasteiger partial charge in [-0.05, 0) is 71.0 Å². The standard InChI is InChI=1S/C27H36INO4/c1-26(2,20-29(4)25(31)33-19-21-12-7-6-8-13-21)16-9-10-17-27(3,24(30)32-5)22-14-11-15-23(28)18-22/h6-8,11-15,18H,9-10,16-17,19-20H2,1-5H3/t27-/m1/s1. The Bertz CT molecular complexity index is 915. The number of carbonyl (C=O) groups excluding carboxylic acids is 2. The minimum Gasteiger partial charge on any atom is -0.468 e. The fourth-order valence-corrected chi connectivity index (χ4v) is 4.66. The molecule has 0 fully saturated rings. The molecule has 1 amide bonds. The zero-order chi connectivity index (χ0) is 24.5. The highest BCUT2D eigenvalue weighted by atomic mass is 127. The smallest absolute Gasteiger partial charge is 0.409 e. The number of rotatable bonds is 11. The lowest BCUT2D eigenvalue weighted by Gasteiger charge is -2.31. The number of ether oxygens (including phenoxy) is 2. The molecule has 0 saturated carbocycles. The van der Waals surface area contributed by atoms with Gasteiger partial charge < -0.3 is 14.4 Å². The molecule has 0 aliphatic carbocycles. The summed E-state index contributed by atoms with van der Waals surface area (Å²) in [5.74, 6) is -0.204. The van der Waals surface area contributed by atoms with Gasteiger partial charge in [0.25, 0.3) is 0 Å². The Morgan fingerprint density at radius 3 is 2.27 bits per heavy atom. The summed E-state index contributed by atoms with van der Waals surface area (Å²) in [7, 11) is 3.23. The Morgan fingerprint density at radius 2 is 1.64 bits per heavy atom. The Morgan fingerprint density at radius 1 is 0.970 bits per heavy atom. The quantitative estimate of drug-likeness (QED) is 0.176. The van der Waals surface area contributed by atoms with Gasteiger partial charge in [0.1, 0.15) is 6.61 Å². The molecule has 5 nitrogen and oxygen atoms in total. The second-order valence-corrected chi connectivity index (χ2v) is 10.8. The van der Waals surface area contributed by atoms with E-state index in [9.17, 15) is 9.59 Å². The van der Waals surface area contributed by atoms with Gasteiger partial charge in [0.2, 0.25) is 0 Å². The molecule has 2 aromatic rings. The molecule has 0 aliphatic rings. The molecule has 0 radical (unpaired) electrons. The maximum absolute atomic E-state index is 12.6. The SMILES string of the molecule is COC(=O)[C@](C)(CCCCC(C)(C)CN(C)C(=O)OCc1ccccc1)c1cccc(I)c1. The minimum absolute atomic E-state index is 0.0652. The summed E-state index contributed by atoms with van der Waals surface area (Å²) in [6.07, 6.45) is 3.18. The summed E-state index contributed by atoms with van der Waals surface area (Å²) < 4.78 is 11.7. The van der Waals surface area contributed by atoms with E-state index in [-0.39, 0.29) is 24.1 Å². The average molecular weight is 565 g/mol. The molecule has 0 aromatic heterocycles. The van der Waals surface area contributed by atoms with E-state index in [4.69, 9.17) is 9.47 Å². The predicted octanol–water partition coefficient (Wildman–Crippen LogP) is 6.58. The van der Waals surface area contributed by atoms with Crippen LogP contribution in [-0.4, -0.2) is 37.7 Å². The molecule has 6 heteroatoms. The first kappa shape index (κ1) is 27.2. The van der Waals surface area contributed by atoms with Gasteiger partial charge >= 0.3 is 12.1 Å². The summed E-state index contributed by atoms with van der Waals surface area (Å²) >= 11 is 2.27. The first-order chi connectivity index (χ1) is 15.6. The van der Waals surface area contributed by atoms with Gasteiger partial charge in [-0.1, -0.05) is 69.2 Å². The van der Waals surface area contributed by atoms with E-state index in [1.165, 1.54) is 7.11 Å². The van der Waals surface area contributed by atoms with Crippen LogP contribution in [-0.2, 0) is 26.3 Å². The van der Waals surface area contributed by atoms with Crippen molar-refractivity contribution in [3.05, 3.63) is 69.3 Å². The van der Waals surface area contributed by atoms with E-state index in [1.807, 2.05) is 55.5 Å². The number of amides is 1. The lowest BCUT2D eigenvalue weighted by molar-refractivity contribution is -0.147. The molecule has 0 spiro atoms. The van der Waals surface area contributed by atoms with Crippen LogP contribution in [0.5, 0.6) is 0 Å². The summed E-state index contributed by atoms with van der Waals surface area (Å²) in [5, 5.41) is 0. The number of methoxy groups -OCH3 is 1. The summed E-state index contributed by atoms with van der Waals surface area (Å²) in [4.78, 5) is 26.7. The highest BCUT2D eigenvalue weighted by Gasteiger charge is 2.36. The Balaban J connectivity index is 1.85. The number of hydrogen-bond donors (Lipinski definition) is 0. The lowest BCUT2D eigenvalue weighted by atomic mass is 9.77. The van der Waals surface area contributed by atoms with Crippen molar-refractivity contribution in [2.45, 2.75) is 58.5 Å². The third-order valence-electron chi connectivity index (χ3n) is 6.06. The van der Waals surface area contributed by atoms with Crippen LogP contribution in [0.25, 0.3) is 0 Å². The van der Waals surface area contributed by atoms with Crippen LogP contribution in [0.1, 0.15) is 57.6 Å². The largest absolute Gasteiger partial charge is 0.468 e. The minimum atomic E-state index is -0.669. The van der Waals surface area contributed by atoms with Crippen molar-refractivity contribution in [1.29, 1.82) is 0 Å². The Hall–Kier alpha value is -2.09. The van der Waals surface area contributed by atoms with Crippen LogP contribution in [0.2, 0.25) is 0 Å². The number of nitrogens with zero attached hydrogens (tertiary/aromatic N) is 1. The van der Waals surface area contributed by atoms with Gasteiger partial charge in [0, 0.05) is 17.2 Å². The monoisotopic (exact) mass is 565 g/mol. The normalized spacial score (nSPS) is 13.2. The van der Waals surface area contributed by atoms with Crippen LogP contribution < -0.4 is 0 Å². The average Bonchev–Trinajstić information content (AvgIpc) is 2.79. The van der Waals surface area contributed by atoms with Gasteiger partial charge in [-0.15, -0.1) is 0 Å². The first-order valence-electron chi connectivity index (χ1n) is 11.3. The van der Waals surface area contributed by atoms with Crippen molar-refractivity contribution >= 4 is 34.7 Å². The zero-order valence-electron chi connectivity index (χ0n) is 20.4. The van der Waals surface area contributed by atoms with Gasteiger partial charge in [0.15, 0.2) is 0 Å². The highest BCUT2D eigenvalue weighted by molar-refractivity contribution is 14.1. The van der Waals surface area contributed by atoms with Crippen molar-refractivity contribution < 1.29 is 19.1 Å². The van der Waals surface area contributed by atoms with Crippen LogP contribution in [0.4, 0.5) is 4.79 Å². The van der Waals surface area contributed by atoms with E-state index in [1.54, 1.807) is 11.9 Å². The summed E-state index contributed by atoms with van der Waals surface area (Å²) in [5.41, 5.74) is 1.23. The van der Waals surface area contributed by atoms with E-state index in [0.717, 1.165) is 34.0 Å². The van der Waals surface area contributed by atoms with Crippen LogP contribution in [0.3, 0.4) is 0 Å². The second-order valence-electron chi connectivity index (χ2n) is 9.60. The molecule has 0 bridgehead atoms. The molecule has 2 rings (SSSR count). The molecule has 2 aromatic carbocycles. The van der Waals surface area contributed by atoms with Crippen LogP contribution in [0.15, 0.2) is 54.6 Å². The van der Waals surface area contributed by atoms with Gasteiger partial charge in [-0.3, -0.25) is 4.79 Å². The van der Waals surface area contributed by atoms with Gasteiger partial charge in [0.05, 0.1) is 12.5 Å². The van der Waals surface area contributed by atoms with Crippen molar-refractivity contribution in [2.24, 2.45) is 5.41 Å². The molecule has 180 valence electrons. The fraction of sp³-hybridized carbons (Fsp3) is 0.481. The van der Waals surface area contributed by atoms with E-state index >= 15 is 0 Å². The molecular formula is C27H36INO4. The van der Waals surface area contributed by atoms with E-state index in [0.29, 0.717) is 13.0 Å². The first-order valence-corrected chi connectivity index (χ1v) is 12.4. The maximum atomic E-state index is 12.6. The molecule has 33 heavy (non-hydrogen) atoms. The van der Waals surface area contributed by atoms with Crippen molar-refractivity contribution in [3.63, 3.8) is 0 Å². The molecule has 0 heterocycles. The summed E-state index contributed by atoms with van der Waals surface area (Å²) in [6, 6.07) is 17.7. The van der Waals surface area contributed by atoms with Crippen LogP contribution >= 0.6 is 22.6 Å². The Labute approximate surface area is 212 Å². The van der Waals surface area contributed by atoms with E-state index < -0.39 is 5.41 Å². The number of carbonyl (C=O) groups is 2. The number of hydrogen-bond acceptors (Lipinski definition) is 4. The topological polar surface area (TPSA) is 55.8 Å². The zero-order valence-corrected chi connectivity index (χ0v) is 22.6. The van der Waals surface area contributed by atoms with Gasteiger partial charge in [-0.2, -0.15) is 0 Å². The number of halogens is 1. The number of esters is 1. The van der Waals surface area contributed by atoms with Crippen molar-refractivity contribution in [2.75, 3.05) is 20.7 Å². The third kappa shape index (κ3) is 8.32. The van der Waals surface area contributed by atoms with E-state index in [2.05, 4.69) is 42.5 Å². The Kier molecular flexibility index (Phi) is 10.2. The molecule has 0 saturated heterocycles. The van der Waals surface area contributed by atoms with Crippen LogP contribution in [0, 0.1) is 8.99 Å². The number of benzene rings is 2. The molecule has 0 unspecified atom stereocenters. The predicted molar refractivity (Wildman–Crippen MR) is 140 cm³/mol. The van der Waals surface area contributed by atoms with Gasteiger partial charge in [-0.25, -0.2) is 4.79 Å². The second kappa shape index (κ2) is 12.4. The molecule has 0 aliphatic heterocycles. The fourth-order valence-electron chi connectivity index (χ4n) is 4.12. The molecule has 1 atom stereocenters. The number of unbranched alkanes of at least 4 members (excludes halogenated alkanes) is 1. The summed E-state index contributed by atoms with van der Waals surface area (Å²) in [6.45, 7) is 7.16.